The Morgan fingerprint density at radius 1 is 1.62 bits per heavy atom. The summed E-state index contributed by atoms with van der Waals surface area (Å²) in [6.07, 6.45) is 3.53. The summed E-state index contributed by atoms with van der Waals surface area (Å²) in [5.41, 5.74) is 0. The Kier molecular flexibility index (Phi) is 5.41. The van der Waals surface area contributed by atoms with Crippen molar-refractivity contribution >= 4 is 16.7 Å². The van der Waals surface area contributed by atoms with Crippen molar-refractivity contribution in [2.45, 2.75) is 32.7 Å². The van der Waals surface area contributed by atoms with E-state index in [0.29, 0.717) is 18.3 Å². The van der Waals surface area contributed by atoms with E-state index in [1.807, 2.05) is 4.90 Å². The van der Waals surface area contributed by atoms with Gasteiger partial charge in [-0.05, 0) is 12.3 Å². The van der Waals surface area contributed by atoms with Crippen LogP contribution in [0.4, 0.5) is 0 Å². The largest absolute Gasteiger partial charge is 0.329 e. The summed E-state index contributed by atoms with van der Waals surface area (Å²) in [7, 11) is -0.754. The molecule has 16 heavy (non-hydrogen) atoms. The number of nitrogens with one attached hydrogen (secondary N) is 1. The van der Waals surface area contributed by atoms with E-state index in [1.165, 1.54) is 0 Å². The highest BCUT2D eigenvalue weighted by Gasteiger charge is 2.33. The average molecular weight is 246 g/mol. The van der Waals surface area contributed by atoms with Gasteiger partial charge in [0.05, 0.1) is 12.7 Å². The van der Waals surface area contributed by atoms with Gasteiger partial charge in [0.15, 0.2) is 0 Å². The predicted octanol–water partition coefficient (Wildman–Crippen LogP) is 0.559. The third-order valence-electron chi connectivity index (χ3n) is 3.15. The molecule has 1 heterocycles. The quantitative estimate of drug-likeness (QED) is 0.745. The lowest BCUT2D eigenvalue weighted by Gasteiger charge is -2.17. The highest BCUT2D eigenvalue weighted by molar-refractivity contribution is 7.84. The number of carbonyl (C=O) groups is 1. The molecular formula is C11H22N2O2S. The molecule has 1 aliphatic heterocycles. The normalized spacial score (nSPS) is 24.8. The van der Waals surface area contributed by atoms with Gasteiger partial charge in [0, 0.05) is 29.4 Å². The molecule has 1 amide bonds. The molecule has 3 unspecified atom stereocenters. The lowest BCUT2D eigenvalue weighted by molar-refractivity contribution is -0.129. The Bertz CT molecular complexity index is 271. The van der Waals surface area contributed by atoms with Crippen LogP contribution in [0.3, 0.4) is 0 Å². The number of rotatable bonds is 6. The van der Waals surface area contributed by atoms with Crippen molar-refractivity contribution in [2.24, 2.45) is 5.92 Å². The number of amides is 1. The molecule has 0 aromatic carbocycles. The minimum atomic E-state index is -0.754. The van der Waals surface area contributed by atoms with E-state index in [-0.39, 0.29) is 11.9 Å². The maximum Gasteiger partial charge on any atom is 0.241 e. The summed E-state index contributed by atoms with van der Waals surface area (Å²) in [5.74, 6) is 1.27. The van der Waals surface area contributed by atoms with Crippen molar-refractivity contribution in [1.29, 1.82) is 0 Å². The highest BCUT2D eigenvalue weighted by Crippen LogP contribution is 2.15. The molecule has 0 aromatic heterocycles. The Hall–Kier alpha value is -0.420. The van der Waals surface area contributed by atoms with Crippen molar-refractivity contribution in [1.82, 2.24) is 10.2 Å². The Balaban J connectivity index is 2.36. The molecule has 0 spiro atoms. The molecule has 1 saturated heterocycles. The number of hydrogen-bond donors (Lipinski definition) is 1. The van der Waals surface area contributed by atoms with Crippen LogP contribution in [0.2, 0.25) is 0 Å². The maximum absolute atomic E-state index is 12.0. The molecule has 0 saturated carbocycles. The van der Waals surface area contributed by atoms with Crippen LogP contribution in [0.1, 0.15) is 26.7 Å². The number of carbonyl (C=O) groups excluding carboxylic acids is 1. The van der Waals surface area contributed by atoms with Crippen LogP contribution in [0.15, 0.2) is 0 Å². The second kappa shape index (κ2) is 6.35. The molecule has 94 valence electrons. The summed E-state index contributed by atoms with van der Waals surface area (Å²) in [6, 6.07) is -0.0166. The summed E-state index contributed by atoms with van der Waals surface area (Å²) >= 11 is 0. The van der Waals surface area contributed by atoms with Gasteiger partial charge < -0.3 is 4.90 Å². The fourth-order valence-electron chi connectivity index (χ4n) is 1.90. The van der Waals surface area contributed by atoms with E-state index in [9.17, 15) is 9.00 Å². The molecule has 3 atom stereocenters. The summed E-state index contributed by atoms with van der Waals surface area (Å²) in [6.45, 7) is 5.56. The maximum atomic E-state index is 12.0. The minimum Gasteiger partial charge on any atom is -0.329 e. The molecule has 5 heteroatoms. The van der Waals surface area contributed by atoms with E-state index in [4.69, 9.17) is 0 Å². The van der Waals surface area contributed by atoms with Crippen LogP contribution in [-0.2, 0) is 15.6 Å². The van der Waals surface area contributed by atoms with Gasteiger partial charge in [-0.2, -0.15) is 0 Å². The van der Waals surface area contributed by atoms with Crippen LogP contribution in [0.25, 0.3) is 0 Å². The molecule has 1 fully saturated rings. The zero-order chi connectivity index (χ0) is 12.1. The van der Waals surface area contributed by atoms with Crippen molar-refractivity contribution in [3.63, 3.8) is 0 Å². The molecular weight excluding hydrogens is 224 g/mol. The van der Waals surface area contributed by atoms with Crippen LogP contribution >= 0.6 is 0 Å². The fraction of sp³-hybridized carbons (Fsp3) is 0.909. The zero-order valence-electron chi connectivity index (χ0n) is 10.4. The average Bonchev–Trinajstić information content (AvgIpc) is 2.59. The molecule has 0 radical (unpaired) electrons. The second-order valence-corrected chi connectivity index (χ2v) is 6.01. The van der Waals surface area contributed by atoms with Crippen molar-refractivity contribution in [3.05, 3.63) is 0 Å². The van der Waals surface area contributed by atoms with E-state index >= 15 is 0 Å². The van der Waals surface area contributed by atoms with Gasteiger partial charge >= 0.3 is 0 Å². The Labute approximate surface area is 100 Å². The molecule has 1 N–H and O–H groups in total. The number of nitrogens with zero attached hydrogens (tertiary/aromatic N) is 1. The van der Waals surface area contributed by atoms with Crippen molar-refractivity contribution in [2.75, 3.05) is 25.2 Å². The van der Waals surface area contributed by atoms with Crippen molar-refractivity contribution in [3.8, 4) is 0 Å². The standard InChI is InChI=1S/C11H22N2O2S/c1-4-9(2)10-11(14)13(8-12-10)6-5-7-16(3)15/h9-10,12H,4-8H2,1-3H3. The van der Waals surface area contributed by atoms with E-state index in [0.717, 1.165) is 19.4 Å². The SMILES string of the molecule is CCC(C)C1NCN(CCCS(C)=O)C1=O. The van der Waals surface area contributed by atoms with Gasteiger partial charge in [0.1, 0.15) is 0 Å². The van der Waals surface area contributed by atoms with Crippen LogP contribution in [-0.4, -0.2) is 46.3 Å². The van der Waals surface area contributed by atoms with Gasteiger partial charge in [-0.25, -0.2) is 0 Å². The third-order valence-corrected chi connectivity index (χ3v) is 4.02. The lowest BCUT2D eigenvalue weighted by atomic mass is 9.99. The second-order valence-electron chi connectivity index (χ2n) is 4.46. The highest BCUT2D eigenvalue weighted by atomic mass is 32.2. The van der Waals surface area contributed by atoms with E-state index in [2.05, 4.69) is 19.2 Å². The zero-order valence-corrected chi connectivity index (χ0v) is 11.2. The molecule has 0 aromatic rings. The van der Waals surface area contributed by atoms with Gasteiger partial charge in [0.25, 0.3) is 0 Å². The van der Waals surface area contributed by atoms with Gasteiger partial charge in [0.2, 0.25) is 5.91 Å². The van der Waals surface area contributed by atoms with Gasteiger partial charge in [-0.3, -0.25) is 14.3 Å². The Morgan fingerprint density at radius 2 is 2.31 bits per heavy atom. The van der Waals surface area contributed by atoms with Crippen LogP contribution in [0.5, 0.6) is 0 Å². The lowest BCUT2D eigenvalue weighted by Crippen LogP contribution is -2.36. The first-order valence-corrected chi connectivity index (χ1v) is 7.61. The van der Waals surface area contributed by atoms with E-state index < -0.39 is 10.8 Å². The van der Waals surface area contributed by atoms with Crippen molar-refractivity contribution < 1.29 is 9.00 Å². The first-order valence-electron chi connectivity index (χ1n) is 5.88. The van der Waals surface area contributed by atoms with E-state index in [1.54, 1.807) is 6.26 Å². The molecule has 4 nitrogen and oxygen atoms in total. The topological polar surface area (TPSA) is 49.4 Å². The van der Waals surface area contributed by atoms with Gasteiger partial charge in [-0.1, -0.05) is 20.3 Å². The smallest absolute Gasteiger partial charge is 0.241 e. The van der Waals surface area contributed by atoms with Crippen LogP contribution < -0.4 is 5.32 Å². The monoisotopic (exact) mass is 246 g/mol. The van der Waals surface area contributed by atoms with Crippen LogP contribution in [0, 0.1) is 5.92 Å². The fourth-order valence-corrected chi connectivity index (χ4v) is 2.43. The molecule has 0 aliphatic carbocycles. The molecule has 1 aliphatic rings. The summed E-state index contributed by atoms with van der Waals surface area (Å²) in [4.78, 5) is 13.8. The third kappa shape index (κ3) is 3.56. The predicted molar refractivity (Wildman–Crippen MR) is 66.5 cm³/mol. The van der Waals surface area contributed by atoms with Gasteiger partial charge in [-0.15, -0.1) is 0 Å². The summed E-state index contributed by atoms with van der Waals surface area (Å²) < 4.78 is 10.9. The molecule has 1 rings (SSSR count). The first kappa shape index (κ1) is 13.6. The minimum absolute atomic E-state index is 0.0166. The summed E-state index contributed by atoms with van der Waals surface area (Å²) in [5, 5.41) is 3.25. The molecule has 0 bridgehead atoms. The first-order chi connectivity index (χ1) is 7.56. The number of hydrogen-bond acceptors (Lipinski definition) is 3. The Morgan fingerprint density at radius 3 is 2.88 bits per heavy atom.